The van der Waals surface area contributed by atoms with Gasteiger partial charge < -0.3 is 14.6 Å². The Morgan fingerprint density at radius 1 is 1.07 bits per heavy atom. The molecule has 3 nitrogen and oxygen atoms in total. The summed E-state index contributed by atoms with van der Waals surface area (Å²) in [5, 5.41) is 8.96. The molecule has 3 unspecified atom stereocenters. The van der Waals surface area contributed by atoms with Crippen molar-refractivity contribution in [2.24, 2.45) is 5.92 Å². The van der Waals surface area contributed by atoms with Gasteiger partial charge in [-0.25, -0.2) is 0 Å². The van der Waals surface area contributed by atoms with Gasteiger partial charge in [0.15, 0.2) is 0 Å². The first-order chi connectivity index (χ1) is 7.38. The van der Waals surface area contributed by atoms with Gasteiger partial charge in [0, 0.05) is 6.61 Å². The van der Waals surface area contributed by atoms with Crippen molar-refractivity contribution in [3.63, 3.8) is 0 Å². The zero-order valence-electron chi connectivity index (χ0n) is 9.36. The van der Waals surface area contributed by atoms with Crippen molar-refractivity contribution >= 4 is 0 Å². The maximum atomic E-state index is 8.96. The molecule has 88 valence electrons. The predicted molar refractivity (Wildman–Crippen MR) is 57.8 cm³/mol. The summed E-state index contributed by atoms with van der Waals surface area (Å²) < 4.78 is 10.4. The van der Waals surface area contributed by atoms with Crippen LogP contribution in [0.15, 0.2) is 0 Å². The molecule has 2 heterocycles. The van der Waals surface area contributed by atoms with E-state index in [0.717, 1.165) is 26.1 Å². The maximum Gasteiger partial charge on any atom is 0.0812 e. The minimum Gasteiger partial charge on any atom is -0.396 e. The maximum absolute atomic E-state index is 8.96. The fourth-order valence-electron chi connectivity index (χ4n) is 2.18. The van der Waals surface area contributed by atoms with Crippen molar-refractivity contribution < 1.29 is 14.6 Å². The number of aliphatic hydroxyl groups excluding tert-OH is 1. The molecule has 2 rings (SSSR count). The standard InChI is InChI=1S/C12H22O3/c13-6-5-10(7-12-9-15-12)3-1-2-4-11-8-14-11/h10-13H,1-9H2. The number of ether oxygens (including phenoxy) is 2. The van der Waals surface area contributed by atoms with Gasteiger partial charge in [-0.3, -0.25) is 0 Å². The van der Waals surface area contributed by atoms with Gasteiger partial charge in [-0.15, -0.1) is 0 Å². The van der Waals surface area contributed by atoms with Gasteiger partial charge in [-0.1, -0.05) is 19.3 Å². The highest BCUT2D eigenvalue weighted by atomic mass is 16.6. The second-order valence-electron chi connectivity index (χ2n) is 4.81. The van der Waals surface area contributed by atoms with Gasteiger partial charge in [-0.05, 0) is 25.2 Å². The van der Waals surface area contributed by atoms with Crippen molar-refractivity contribution in [2.75, 3.05) is 19.8 Å². The highest BCUT2D eigenvalue weighted by molar-refractivity contribution is 4.75. The van der Waals surface area contributed by atoms with E-state index in [1.54, 1.807) is 0 Å². The largest absolute Gasteiger partial charge is 0.396 e. The van der Waals surface area contributed by atoms with Crippen LogP contribution in [-0.4, -0.2) is 37.1 Å². The average Bonchev–Trinajstić information content (AvgIpc) is 3.07. The molecule has 0 amide bonds. The summed E-state index contributed by atoms with van der Waals surface area (Å²) in [4.78, 5) is 0. The van der Waals surface area contributed by atoms with Crippen molar-refractivity contribution in [3.05, 3.63) is 0 Å². The zero-order valence-corrected chi connectivity index (χ0v) is 9.36. The minimum absolute atomic E-state index is 0.323. The Kier molecular flexibility index (Phi) is 4.42. The van der Waals surface area contributed by atoms with Crippen molar-refractivity contribution in [3.8, 4) is 0 Å². The normalized spacial score (nSPS) is 30.2. The van der Waals surface area contributed by atoms with Crippen molar-refractivity contribution in [1.82, 2.24) is 0 Å². The van der Waals surface area contributed by atoms with Crippen LogP contribution < -0.4 is 0 Å². The van der Waals surface area contributed by atoms with E-state index < -0.39 is 0 Å². The Bertz CT molecular complexity index is 176. The first-order valence-corrected chi connectivity index (χ1v) is 6.22. The number of rotatable bonds is 9. The first-order valence-electron chi connectivity index (χ1n) is 6.22. The molecule has 1 N–H and O–H groups in total. The van der Waals surface area contributed by atoms with E-state index in [1.165, 1.54) is 25.7 Å². The third-order valence-corrected chi connectivity index (χ3v) is 3.33. The summed E-state index contributed by atoms with van der Waals surface area (Å²) in [6.45, 7) is 2.25. The second kappa shape index (κ2) is 5.83. The zero-order chi connectivity index (χ0) is 10.5. The lowest BCUT2D eigenvalue weighted by atomic mass is 9.93. The van der Waals surface area contributed by atoms with E-state index in [4.69, 9.17) is 14.6 Å². The van der Waals surface area contributed by atoms with Crippen molar-refractivity contribution in [1.29, 1.82) is 0 Å². The van der Waals surface area contributed by atoms with Crippen LogP contribution in [0.25, 0.3) is 0 Å². The lowest BCUT2D eigenvalue weighted by Gasteiger charge is -2.13. The quantitative estimate of drug-likeness (QED) is 0.469. The molecule has 15 heavy (non-hydrogen) atoms. The molecule has 0 bridgehead atoms. The number of hydrogen-bond donors (Lipinski definition) is 1. The molecule has 2 aliphatic rings. The molecule has 0 spiro atoms. The van der Waals surface area contributed by atoms with Crippen LogP contribution >= 0.6 is 0 Å². The molecule has 0 saturated carbocycles. The van der Waals surface area contributed by atoms with Gasteiger partial charge in [0.1, 0.15) is 0 Å². The topological polar surface area (TPSA) is 45.3 Å². The molecule has 0 radical (unpaired) electrons. The lowest BCUT2D eigenvalue weighted by Crippen LogP contribution is -2.07. The fraction of sp³-hybridized carbons (Fsp3) is 1.00. The summed E-state index contributed by atoms with van der Waals surface area (Å²) in [7, 11) is 0. The van der Waals surface area contributed by atoms with E-state index in [-0.39, 0.29) is 0 Å². The number of hydrogen-bond acceptors (Lipinski definition) is 3. The highest BCUT2D eigenvalue weighted by Crippen LogP contribution is 2.26. The van der Waals surface area contributed by atoms with E-state index in [9.17, 15) is 0 Å². The smallest absolute Gasteiger partial charge is 0.0812 e. The molecule has 2 saturated heterocycles. The van der Waals surface area contributed by atoms with Gasteiger partial charge in [-0.2, -0.15) is 0 Å². The summed E-state index contributed by atoms with van der Waals surface area (Å²) >= 11 is 0. The predicted octanol–water partition coefficient (Wildman–Crippen LogP) is 1.73. The Morgan fingerprint density at radius 3 is 2.40 bits per heavy atom. The van der Waals surface area contributed by atoms with Crippen LogP contribution in [0.4, 0.5) is 0 Å². The van der Waals surface area contributed by atoms with Crippen LogP contribution in [-0.2, 0) is 9.47 Å². The molecule has 2 fully saturated rings. The van der Waals surface area contributed by atoms with Crippen LogP contribution in [0.3, 0.4) is 0 Å². The summed E-state index contributed by atoms with van der Waals surface area (Å²) in [6, 6.07) is 0. The van der Waals surface area contributed by atoms with Crippen molar-refractivity contribution in [2.45, 2.75) is 50.7 Å². The summed E-state index contributed by atoms with van der Waals surface area (Å²) in [5.74, 6) is 0.669. The highest BCUT2D eigenvalue weighted by Gasteiger charge is 2.26. The van der Waals surface area contributed by atoms with E-state index >= 15 is 0 Å². The summed E-state index contributed by atoms with van der Waals surface area (Å²) in [5.41, 5.74) is 0. The number of unbranched alkanes of at least 4 members (excludes halogenated alkanes) is 1. The second-order valence-corrected chi connectivity index (χ2v) is 4.81. The van der Waals surface area contributed by atoms with Gasteiger partial charge in [0.25, 0.3) is 0 Å². The monoisotopic (exact) mass is 214 g/mol. The average molecular weight is 214 g/mol. The molecule has 0 aromatic rings. The minimum atomic E-state index is 0.323. The Morgan fingerprint density at radius 2 is 1.80 bits per heavy atom. The number of epoxide rings is 2. The van der Waals surface area contributed by atoms with Crippen LogP contribution in [0.1, 0.15) is 38.5 Å². The molecule has 0 aromatic carbocycles. The van der Waals surface area contributed by atoms with Gasteiger partial charge in [0.2, 0.25) is 0 Å². The molecular formula is C12H22O3. The van der Waals surface area contributed by atoms with E-state index in [0.29, 0.717) is 24.7 Å². The van der Waals surface area contributed by atoms with Gasteiger partial charge >= 0.3 is 0 Å². The third-order valence-electron chi connectivity index (χ3n) is 3.33. The van der Waals surface area contributed by atoms with Crippen LogP contribution in [0, 0.1) is 5.92 Å². The van der Waals surface area contributed by atoms with E-state index in [1.807, 2.05) is 0 Å². The number of aliphatic hydroxyl groups is 1. The molecule has 0 aliphatic carbocycles. The Labute approximate surface area is 91.8 Å². The fourth-order valence-corrected chi connectivity index (χ4v) is 2.18. The molecule has 3 heteroatoms. The molecule has 0 aromatic heterocycles. The third kappa shape index (κ3) is 4.96. The Balaban J connectivity index is 1.50. The summed E-state index contributed by atoms with van der Waals surface area (Å²) in [6.07, 6.45) is 8.20. The molecule has 3 atom stereocenters. The van der Waals surface area contributed by atoms with Crippen LogP contribution in [0.5, 0.6) is 0 Å². The SMILES string of the molecule is OCCC(CCCCC1CO1)CC1CO1. The van der Waals surface area contributed by atoms with Crippen LogP contribution in [0.2, 0.25) is 0 Å². The molecule has 2 aliphatic heterocycles. The molecular weight excluding hydrogens is 192 g/mol. The Hall–Kier alpha value is -0.120. The first kappa shape index (κ1) is 11.4. The lowest BCUT2D eigenvalue weighted by molar-refractivity contribution is 0.233. The van der Waals surface area contributed by atoms with E-state index in [2.05, 4.69) is 0 Å². The van der Waals surface area contributed by atoms with Gasteiger partial charge in [0.05, 0.1) is 25.4 Å².